The molecule has 0 bridgehead atoms. The molecule has 0 atom stereocenters. The minimum atomic E-state index is -0.678. The Morgan fingerprint density at radius 1 is 1.13 bits per heavy atom. The molecule has 31 heavy (non-hydrogen) atoms. The number of amides is 1. The van der Waals surface area contributed by atoms with Gasteiger partial charge in [-0.2, -0.15) is 0 Å². The molecule has 1 heterocycles. The second-order valence-electron chi connectivity index (χ2n) is 8.43. The first-order chi connectivity index (χ1) is 14.9. The molecule has 1 aliphatic rings. The molecule has 0 spiro atoms. The third-order valence-corrected chi connectivity index (χ3v) is 5.57. The summed E-state index contributed by atoms with van der Waals surface area (Å²) in [6.07, 6.45) is 1.20. The Bertz CT molecular complexity index is 931. The predicted molar refractivity (Wildman–Crippen MR) is 120 cm³/mol. The number of nitrogens with one attached hydrogen (secondary N) is 1. The number of anilines is 1. The number of aryl methyl sites for hydroxylation is 1. The maximum absolute atomic E-state index is 13.5. The van der Waals surface area contributed by atoms with Crippen LogP contribution in [0.15, 0.2) is 42.5 Å². The van der Waals surface area contributed by atoms with Gasteiger partial charge in [0.2, 0.25) is 5.91 Å². The van der Waals surface area contributed by atoms with E-state index in [2.05, 4.69) is 11.4 Å². The van der Waals surface area contributed by atoms with Crippen LogP contribution in [0.3, 0.4) is 0 Å². The van der Waals surface area contributed by atoms with Crippen molar-refractivity contribution < 1.29 is 23.8 Å². The molecule has 0 aliphatic carbocycles. The van der Waals surface area contributed by atoms with E-state index in [1.807, 2.05) is 39.0 Å². The Balaban J connectivity index is 1.90. The Hall–Kier alpha value is -2.86. The summed E-state index contributed by atoms with van der Waals surface area (Å²) in [4.78, 5) is 25.8. The zero-order valence-corrected chi connectivity index (χ0v) is 18.7. The molecular formula is C25H31NO5. The Morgan fingerprint density at radius 2 is 1.87 bits per heavy atom. The number of carbonyl (C=O) groups excluding carboxylic acids is 2. The fourth-order valence-corrected chi connectivity index (χ4v) is 3.82. The molecule has 6 nitrogen and oxygen atoms in total. The van der Waals surface area contributed by atoms with Crippen LogP contribution in [-0.4, -0.2) is 38.8 Å². The van der Waals surface area contributed by atoms with Crippen molar-refractivity contribution in [3.05, 3.63) is 59.2 Å². The average Bonchev–Trinajstić information content (AvgIpc) is 2.78. The predicted octanol–water partition coefficient (Wildman–Crippen LogP) is 4.50. The number of esters is 1. The van der Waals surface area contributed by atoms with Crippen molar-refractivity contribution in [2.75, 3.05) is 32.2 Å². The van der Waals surface area contributed by atoms with Gasteiger partial charge < -0.3 is 19.5 Å². The molecule has 2 aromatic rings. The zero-order valence-electron chi connectivity index (χ0n) is 18.7. The number of hydrogen-bond donors (Lipinski definition) is 1. The maximum atomic E-state index is 13.5. The first kappa shape index (κ1) is 22.8. The van der Waals surface area contributed by atoms with Gasteiger partial charge in [0.1, 0.15) is 11.3 Å². The van der Waals surface area contributed by atoms with Crippen molar-refractivity contribution in [2.45, 2.75) is 39.0 Å². The van der Waals surface area contributed by atoms with Gasteiger partial charge in [0.25, 0.3) is 0 Å². The van der Waals surface area contributed by atoms with Gasteiger partial charge in [-0.1, -0.05) is 43.7 Å². The van der Waals surface area contributed by atoms with Crippen molar-refractivity contribution in [2.24, 2.45) is 5.92 Å². The number of ether oxygens (including phenoxy) is 3. The molecule has 1 amide bonds. The largest absolute Gasteiger partial charge is 0.492 e. The van der Waals surface area contributed by atoms with Crippen LogP contribution in [0.25, 0.3) is 0 Å². The second kappa shape index (κ2) is 9.96. The summed E-state index contributed by atoms with van der Waals surface area (Å²) in [6.45, 7) is 7.61. The molecule has 0 unspecified atom stereocenters. The van der Waals surface area contributed by atoms with E-state index in [1.165, 1.54) is 7.11 Å². The SMILES string of the molecule is COC(=O)c1cc(NC(=O)C2(c3cccc(C)c3)CCOCC2)ccc1OCC(C)C. The first-order valence-corrected chi connectivity index (χ1v) is 10.7. The number of hydrogen-bond acceptors (Lipinski definition) is 5. The molecule has 6 heteroatoms. The lowest BCUT2D eigenvalue weighted by Gasteiger charge is -2.36. The smallest absolute Gasteiger partial charge is 0.341 e. The molecule has 2 aromatic carbocycles. The fraction of sp³-hybridized carbons (Fsp3) is 0.440. The lowest BCUT2D eigenvalue weighted by molar-refractivity contribution is -0.125. The summed E-state index contributed by atoms with van der Waals surface area (Å²) in [7, 11) is 1.33. The van der Waals surface area contributed by atoms with E-state index in [0.29, 0.717) is 50.0 Å². The summed E-state index contributed by atoms with van der Waals surface area (Å²) in [5, 5.41) is 3.02. The van der Waals surface area contributed by atoms with Crippen LogP contribution in [0.4, 0.5) is 5.69 Å². The highest BCUT2D eigenvalue weighted by atomic mass is 16.5. The van der Waals surface area contributed by atoms with Crippen LogP contribution in [-0.2, 0) is 19.7 Å². The van der Waals surface area contributed by atoms with Crippen LogP contribution in [0.2, 0.25) is 0 Å². The standard InChI is InChI=1S/C25H31NO5/c1-17(2)16-31-22-9-8-20(15-21(22)23(27)29-4)26-24(28)25(10-12-30-13-11-25)19-7-5-6-18(3)14-19/h5-9,14-15,17H,10-13,16H2,1-4H3,(H,26,28). The Morgan fingerprint density at radius 3 is 2.52 bits per heavy atom. The fourth-order valence-electron chi connectivity index (χ4n) is 3.82. The summed E-state index contributed by atoms with van der Waals surface area (Å²) >= 11 is 0. The highest BCUT2D eigenvalue weighted by Crippen LogP contribution is 2.37. The van der Waals surface area contributed by atoms with Gasteiger partial charge in [-0.05, 0) is 49.4 Å². The van der Waals surface area contributed by atoms with Crippen molar-refractivity contribution in [1.29, 1.82) is 0 Å². The van der Waals surface area contributed by atoms with Crippen LogP contribution < -0.4 is 10.1 Å². The van der Waals surface area contributed by atoms with E-state index in [4.69, 9.17) is 14.2 Å². The summed E-state index contributed by atoms with van der Waals surface area (Å²) < 4.78 is 16.2. The van der Waals surface area contributed by atoms with Gasteiger partial charge in [0.15, 0.2) is 0 Å². The van der Waals surface area contributed by atoms with Gasteiger partial charge in [0, 0.05) is 18.9 Å². The zero-order chi connectivity index (χ0) is 22.4. The molecule has 3 rings (SSSR count). The van der Waals surface area contributed by atoms with Crippen LogP contribution in [0.5, 0.6) is 5.75 Å². The molecule has 1 saturated heterocycles. The molecule has 0 radical (unpaired) electrons. The van der Waals surface area contributed by atoms with E-state index in [9.17, 15) is 9.59 Å². The molecular weight excluding hydrogens is 394 g/mol. The third kappa shape index (κ3) is 5.25. The van der Waals surface area contributed by atoms with Crippen LogP contribution in [0.1, 0.15) is 48.2 Å². The molecule has 1 aliphatic heterocycles. The maximum Gasteiger partial charge on any atom is 0.341 e. The molecule has 0 saturated carbocycles. The minimum Gasteiger partial charge on any atom is -0.492 e. The molecule has 1 fully saturated rings. The highest BCUT2D eigenvalue weighted by Gasteiger charge is 2.41. The number of rotatable bonds is 7. The van der Waals surface area contributed by atoms with Gasteiger partial charge in [0.05, 0.1) is 19.1 Å². The van der Waals surface area contributed by atoms with Crippen molar-refractivity contribution in [1.82, 2.24) is 0 Å². The average molecular weight is 426 g/mol. The number of methoxy groups -OCH3 is 1. The monoisotopic (exact) mass is 425 g/mol. The van der Waals surface area contributed by atoms with Gasteiger partial charge in [-0.15, -0.1) is 0 Å². The van der Waals surface area contributed by atoms with Gasteiger partial charge in [-0.3, -0.25) is 4.79 Å². The number of benzene rings is 2. The summed E-state index contributed by atoms with van der Waals surface area (Å²) in [5.41, 5.74) is 2.23. The summed E-state index contributed by atoms with van der Waals surface area (Å²) in [5.74, 6) is 0.146. The van der Waals surface area contributed by atoms with Crippen molar-refractivity contribution in [3.63, 3.8) is 0 Å². The summed E-state index contributed by atoms with van der Waals surface area (Å²) in [6, 6.07) is 13.1. The van der Waals surface area contributed by atoms with Crippen molar-refractivity contribution in [3.8, 4) is 5.75 Å². The normalized spacial score (nSPS) is 15.4. The van der Waals surface area contributed by atoms with Crippen LogP contribution >= 0.6 is 0 Å². The number of carbonyl (C=O) groups is 2. The first-order valence-electron chi connectivity index (χ1n) is 10.7. The molecule has 0 aromatic heterocycles. The van der Waals surface area contributed by atoms with Crippen molar-refractivity contribution >= 4 is 17.6 Å². The van der Waals surface area contributed by atoms with E-state index in [0.717, 1.165) is 11.1 Å². The van der Waals surface area contributed by atoms with E-state index >= 15 is 0 Å². The van der Waals surface area contributed by atoms with Crippen LogP contribution in [0, 0.1) is 12.8 Å². The lowest BCUT2D eigenvalue weighted by atomic mass is 9.73. The van der Waals surface area contributed by atoms with Gasteiger partial charge >= 0.3 is 5.97 Å². The van der Waals surface area contributed by atoms with E-state index in [-0.39, 0.29) is 11.5 Å². The Labute approximate surface area is 183 Å². The molecule has 166 valence electrons. The highest BCUT2D eigenvalue weighted by molar-refractivity contribution is 6.01. The molecule has 1 N–H and O–H groups in total. The second-order valence-corrected chi connectivity index (χ2v) is 8.43. The van der Waals surface area contributed by atoms with Gasteiger partial charge in [-0.25, -0.2) is 4.79 Å². The Kier molecular flexibility index (Phi) is 7.33. The topological polar surface area (TPSA) is 73.9 Å². The third-order valence-electron chi connectivity index (χ3n) is 5.57. The lowest BCUT2D eigenvalue weighted by Crippen LogP contribution is -2.44. The van der Waals surface area contributed by atoms with E-state index in [1.54, 1.807) is 18.2 Å². The van der Waals surface area contributed by atoms with E-state index < -0.39 is 11.4 Å². The quantitative estimate of drug-likeness (QED) is 0.661. The minimum absolute atomic E-state index is 0.104.